The Kier molecular flexibility index (Phi) is 4.07. The topological polar surface area (TPSA) is 38.7 Å². The number of isocyanates is 1. The van der Waals surface area contributed by atoms with E-state index in [1.54, 1.807) is 13.2 Å². The summed E-state index contributed by atoms with van der Waals surface area (Å²) < 4.78 is 5.35. The maximum absolute atomic E-state index is 10.2. The van der Waals surface area contributed by atoms with E-state index >= 15 is 0 Å². The highest BCUT2D eigenvalue weighted by Crippen LogP contribution is 2.30. The monoisotopic (exact) mass is 205 g/mol. The van der Waals surface area contributed by atoms with Gasteiger partial charge in [0.1, 0.15) is 5.75 Å². The first-order valence-corrected chi connectivity index (χ1v) is 4.97. The predicted molar refractivity (Wildman–Crippen MR) is 58.9 cm³/mol. The van der Waals surface area contributed by atoms with Gasteiger partial charge in [0.05, 0.1) is 13.2 Å². The van der Waals surface area contributed by atoms with E-state index in [2.05, 4.69) is 11.9 Å². The van der Waals surface area contributed by atoms with E-state index in [0.29, 0.717) is 0 Å². The molecule has 0 fully saturated rings. The van der Waals surface area contributed by atoms with Gasteiger partial charge in [-0.2, -0.15) is 4.99 Å². The average molecular weight is 205 g/mol. The predicted octanol–water partition coefficient (Wildman–Crippen LogP) is 2.65. The van der Waals surface area contributed by atoms with Crippen LogP contribution in [0.5, 0.6) is 5.75 Å². The summed E-state index contributed by atoms with van der Waals surface area (Å²) >= 11 is 0. The molecule has 1 rings (SSSR count). The second-order valence-corrected chi connectivity index (χ2v) is 3.29. The van der Waals surface area contributed by atoms with Crippen molar-refractivity contribution in [2.75, 3.05) is 7.11 Å². The van der Waals surface area contributed by atoms with Crippen LogP contribution >= 0.6 is 0 Å². The van der Waals surface area contributed by atoms with Crippen LogP contribution in [0.15, 0.2) is 23.2 Å². The molecular weight excluding hydrogens is 190 g/mol. The highest BCUT2D eigenvalue weighted by Gasteiger charge is 2.12. The highest BCUT2D eigenvalue weighted by molar-refractivity contribution is 5.45. The van der Waals surface area contributed by atoms with Crippen LogP contribution in [-0.4, -0.2) is 13.2 Å². The fraction of sp³-hybridized carbons (Fsp3) is 0.417. The number of ether oxygens (including phenoxy) is 1. The molecule has 0 amide bonds. The Morgan fingerprint density at radius 3 is 2.80 bits per heavy atom. The van der Waals surface area contributed by atoms with Crippen LogP contribution in [0.2, 0.25) is 0 Å². The number of aryl methyl sites for hydroxylation is 1. The summed E-state index contributed by atoms with van der Waals surface area (Å²) in [7, 11) is 1.63. The standard InChI is InChI=1S/C12H15NO2/c1-4-10-6-5-7-11(12(10)15-3)9(2)13-8-14/h5-7,9H,4H2,1-3H3. The number of carbonyl (C=O) groups excluding carboxylic acids is 1. The van der Waals surface area contributed by atoms with Gasteiger partial charge in [0.2, 0.25) is 6.08 Å². The van der Waals surface area contributed by atoms with E-state index in [9.17, 15) is 4.79 Å². The summed E-state index contributed by atoms with van der Waals surface area (Å²) in [5.41, 5.74) is 2.06. The minimum absolute atomic E-state index is 0.205. The van der Waals surface area contributed by atoms with Gasteiger partial charge in [-0.15, -0.1) is 0 Å². The van der Waals surface area contributed by atoms with E-state index in [0.717, 1.165) is 23.3 Å². The molecule has 0 heterocycles. The van der Waals surface area contributed by atoms with Gasteiger partial charge in [-0.3, -0.25) is 0 Å². The Labute approximate surface area is 89.8 Å². The van der Waals surface area contributed by atoms with Crippen molar-refractivity contribution >= 4 is 6.08 Å². The molecular formula is C12H15NO2. The normalized spacial score (nSPS) is 11.7. The molecule has 0 aliphatic heterocycles. The minimum Gasteiger partial charge on any atom is -0.496 e. The summed E-state index contributed by atoms with van der Waals surface area (Å²) in [6.45, 7) is 3.91. The van der Waals surface area contributed by atoms with Crippen molar-refractivity contribution in [2.24, 2.45) is 4.99 Å². The average Bonchev–Trinajstić information content (AvgIpc) is 2.28. The molecule has 0 N–H and O–H groups in total. The zero-order valence-corrected chi connectivity index (χ0v) is 9.28. The molecule has 1 aromatic carbocycles. The fourth-order valence-electron chi connectivity index (χ4n) is 1.61. The Morgan fingerprint density at radius 1 is 1.53 bits per heavy atom. The van der Waals surface area contributed by atoms with E-state index in [1.807, 2.05) is 25.1 Å². The number of methoxy groups -OCH3 is 1. The maximum atomic E-state index is 10.2. The number of rotatable bonds is 4. The molecule has 0 bridgehead atoms. The molecule has 80 valence electrons. The number of hydrogen-bond donors (Lipinski definition) is 0. The summed E-state index contributed by atoms with van der Waals surface area (Å²) in [6.07, 6.45) is 2.47. The molecule has 0 aromatic heterocycles. The lowest BCUT2D eigenvalue weighted by molar-refractivity contribution is 0.402. The molecule has 3 nitrogen and oxygen atoms in total. The van der Waals surface area contributed by atoms with Gasteiger partial charge >= 0.3 is 0 Å². The summed E-state index contributed by atoms with van der Waals surface area (Å²) in [5.74, 6) is 0.825. The molecule has 1 atom stereocenters. The molecule has 0 saturated heterocycles. The van der Waals surface area contributed by atoms with Crippen LogP contribution in [0.1, 0.15) is 31.0 Å². The Bertz CT molecular complexity index is 381. The first-order valence-electron chi connectivity index (χ1n) is 4.97. The molecule has 1 unspecified atom stereocenters. The van der Waals surface area contributed by atoms with E-state index in [1.165, 1.54) is 0 Å². The number of para-hydroxylation sites is 1. The molecule has 0 saturated carbocycles. The second kappa shape index (κ2) is 5.32. The first kappa shape index (κ1) is 11.5. The third-order valence-corrected chi connectivity index (χ3v) is 2.41. The van der Waals surface area contributed by atoms with Gasteiger partial charge in [0, 0.05) is 5.56 Å². The van der Waals surface area contributed by atoms with Crippen molar-refractivity contribution < 1.29 is 9.53 Å². The quantitative estimate of drug-likeness (QED) is 0.560. The third kappa shape index (κ3) is 2.45. The Hall–Kier alpha value is -1.60. The van der Waals surface area contributed by atoms with Crippen molar-refractivity contribution in [3.63, 3.8) is 0 Å². The van der Waals surface area contributed by atoms with Crippen LogP contribution < -0.4 is 4.74 Å². The van der Waals surface area contributed by atoms with E-state index in [-0.39, 0.29) is 6.04 Å². The van der Waals surface area contributed by atoms with Gasteiger partial charge in [-0.25, -0.2) is 4.79 Å². The lowest BCUT2D eigenvalue weighted by atomic mass is 10.0. The second-order valence-electron chi connectivity index (χ2n) is 3.29. The van der Waals surface area contributed by atoms with Crippen LogP contribution in [0.3, 0.4) is 0 Å². The molecule has 0 spiro atoms. The van der Waals surface area contributed by atoms with Gasteiger partial charge in [-0.1, -0.05) is 25.1 Å². The van der Waals surface area contributed by atoms with Crippen molar-refractivity contribution in [3.8, 4) is 5.75 Å². The van der Waals surface area contributed by atoms with Gasteiger partial charge in [0.25, 0.3) is 0 Å². The Balaban J connectivity index is 3.21. The van der Waals surface area contributed by atoms with Crippen molar-refractivity contribution in [1.29, 1.82) is 0 Å². The molecule has 0 aliphatic carbocycles. The summed E-state index contributed by atoms with van der Waals surface area (Å²) in [4.78, 5) is 13.9. The van der Waals surface area contributed by atoms with Gasteiger partial charge in [0.15, 0.2) is 0 Å². The van der Waals surface area contributed by atoms with Crippen molar-refractivity contribution in [3.05, 3.63) is 29.3 Å². The smallest absolute Gasteiger partial charge is 0.235 e. The van der Waals surface area contributed by atoms with Crippen molar-refractivity contribution in [1.82, 2.24) is 0 Å². The third-order valence-electron chi connectivity index (χ3n) is 2.41. The molecule has 3 heteroatoms. The largest absolute Gasteiger partial charge is 0.496 e. The van der Waals surface area contributed by atoms with E-state index < -0.39 is 0 Å². The summed E-state index contributed by atoms with van der Waals surface area (Å²) in [6, 6.07) is 5.68. The molecule has 1 aromatic rings. The van der Waals surface area contributed by atoms with E-state index in [4.69, 9.17) is 4.74 Å². The lowest BCUT2D eigenvalue weighted by Gasteiger charge is -2.14. The SMILES string of the molecule is CCc1cccc(C(C)N=C=O)c1OC. The minimum atomic E-state index is -0.205. The maximum Gasteiger partial charge on any atom is 0.235 e. The van der Waals surface area contributed by atoms with Crippen LogP contribution in [0.4, 0.5) is 0 Å². The number of benzene rings is 1. The van der Waals surface area contributed by atoms with Gasteiger partial charge in [-0.05, 0) is 18.9 Å². The number of aliphatic imine (C=N–C) groups is 1. The van der Waals surface area contributed by atoms with Gasteiger partial charge < -0.3 is 4.74 Å². The number of hydrogen-bond acceptors (Lipinski definition) is 3. The van der Waals surface area contributed by atoms with Crippen molar-refractivity contribution in [2.45, 2.75) is 26.3 Å². The zero-order valence-electron chi connectivity index (χ0n) is 9.28. The highest BCUT2D eigenvalue weighted by atomic mass is 16.5. The first-order chi connectivity index (χ1) is 7.24. The van der Waals surface area contributed by atoms with Crippen LogP contribution in [0.25, 0.3) is 0 Å². The Morgan fingerprint density at radius 2 is 2.27 bits per heavy atom. The molecule has 0 aliphatic rings. The molecule has 15 heavy (non-hydrogen) atoms. The number of nitrogens with zero attached hydrogens (tertiary/aromatic N) is 1. The van der Waals surface area contributed by atoms with Crippen LogP contribution in [0, 0.1) is 0 Å². The lowest BCUT2D eigenvalue weighted by Crippen LogP contribution is -1.98. The fourth-order valence-corrected chi connectivity index (χ4v) is 1.61. The zero-order chi connectivity index (χ0) is 11.3. The van der Waals surface area contributed by atoms with Crippen LogP contribution in [-0.2, 0) is 11.2 Å². The summed E-state index contributed by atoms with van der Waals surface area (Å²) in [5, 5.41) is 0. The molecule has 0 radical (unpaired) electrons.